The first kappa shape index (κ1) is 9.72. The van der Waals surface area contributed by atoms with Crippen LogP contribution in [0.5, 0.6) is 0 Å². The fourth-order valence-electron chi connectivity index (χ4n) is 1.17. The fraction of sp³-hybridized carbons (Fsp3) is 0.833. The van der Waals surface area contributed by atoms with Crippen LogP contribution in [0.2, 0.25) is 0 Å². The van der Waals surface area contributed by atoms with Crippen molar-refractivity contribution in [3.63, 3.8) is 0 Å². The zero-order valence-electron chi connectivity index (χ0n) is 5.83. The van der Waals surface area contributed by atoms with Gasteiger partial charge in [0, 0.05) is 0 Å². The van der Waals surface area contributed by atoms with Crippen LogP contribution in [0.3, 0.4) is 0 Å². The smallest absolute Gasteiger partial charge is 0.320 e. The Morgan fingerprint density at radius 3 is 2.50 bits per heavy atom. The Labute approximate surface area is 66.2 Å². The summed E-state index contributed by atoms with van der Waals surface area (Å²) in [6.07, 6.45) is 0.983. The molecule has 0 aromatic rings. The van der Waals surface area contributed by atoms with Crippen molar-refractivity contribution in [3.05, 3.63) is 0 Å². The number of hydrogen-bond acceptors (Lipinski definition) is 2. The summed E-state index contributed by atoms with van der Waals surface area (Å²) in [5.74, 6) is -0.428. The molecule has 1 heterocycles. The second kappa shape index (κ2) is 3.78. The zero-order chi connectivity index (χ0) is 6.85. The number of carbonyl (C=O) groups is 1. The number of hydrogen-bond donors (Lipinski definition) is 2. The van der Waals surface area contributed by atoms with Gasteiger partial charge in [0.2, 0.25) is 0 Å². The number of rotatable bonds is 1. The van der Waals surface area contributed by atoms with Crippen LogP contribution in [-0.2, 0) is 4.79 Å². The van der Waals surface area contributed by atoms with Crippen molar-refractivity contribution in [2.75, 3.05) is 6.54 Å². The third-order valence-electron chi connectivity index (χ3n) is 1.80. The zero-order valence-corrected chi connectivity index (χ0v) is 6.65. The lowest BCUT2D eigenvalue weighted by atomic mass is 10.0. The highest BCUT2D eigenvalue weighted by atomic mass is 35.5. The van der Waals surface area contributed by atoms with Gasteiger partial charge in [0.05, 0.1) is 0 Å². The molecule has 10 heavy (non-hydrogen) atoms. The van der Waals surface area contributed by atoms with Gasteiger partial charge < -0.3 is 10.4 Å². The first-order valence-corrected chi connectivity index (χ1v) is 3.18. The maximum Gasteiger partial charge on any atom is 0.320 e. The molecule has 60 valence electrons. The summed E-state index contributed by atoms with van der Waals surface area (Å²) >= 11 is 0. The van der Waals surface area contributed by atoms with Crippen LogP contribution >= 0.6 is 12.4 Å². The van der Waals surface area contributed by atoms with E-state index in [0.29, 0.717) is 5.92 Å². The van der Waals surface area contributed by atoms with Crippen molar-refractivity contribution in [1.29, 1.82) is 0 Å². The molecular weight excluding hydrogens is 154 g/mol. The van der Waals surface area contributed by atoms with E-state index in [2.05, 4.69) is 5.32 Å². The first-order chi connectivity index (χ1) is 4.22. The van der Waals surface area contributed by atoms with Gasteiger partial charge in [-0.15, -0.1) is 12.4 Å². The maximum absolute atomic E-state index is 10.3. The van der Waals surface area contributed by atoms with E-state index in [0.717, 1.165) is 13.0 Å². The van der Waals surface area contributed by atoms with Crippen LogP contribution in [0.15, 0.2) is 0 Å². The number of halogens is 1. The molecule has 0 aliphatic carbocycles. The molecule has 0 aromatic heterocycles. The van der Waals surface area contributed by atoms with Crippen LogP contribution in [0.1, 0.15) is 13.3 Å². The van der Waals surface area contributed by atoms with Gasteiger partial charge in [-0.2, -0.15) is 0 Å². The number of carboxylic acid groups (broad SMARTS) is 1. The van der Waals surface area contributed by atoms with E-state index in [1.54, 1.807) is 0 Å². The molecular formula is C6H12ClNO2. The molecule has 1 fully saturated rings. The highest BCUT2D eigenvalue weighted by molar-refractivity contribution is 5.85. The molecule has 0 radical (unpaired) electrons. The fourth-order valence-corrected chi connectivity index (χ4v) is 1.17. The van der Waals surface area contributed by atoms with Gasteiger partial charge >= 0.3 is 5.97 Å². The summed E-state index contributed by atoms with van der Waals surface area (Å²) in [6, 6.07) is -0.301. The second-order valence-corrected chi connectivity index (χ2v) is 2.54. The lowest BCUT2D eigenvalue weighted by molar-refractivity contribution is -0.139. The van der Waals surface area contributed by atoms with Crippen molar-refractivity contribution in [3.8, 4) is 0 Å². The lowest BCUT2D eigenvalue weighted by Crippen LogP contribution is -2.34. The lowest BCUT2D eigenvalue weighted by Gasteiger charge is -2.07. The Morgan fingerprint density at radius 2 is 2.30 bits per heavy atom. The molecule has 0 unspecified atom stereocenters. The third kappa shape index (κ3) is 1.85. The Bertz CT molecular complexity index is 129. The monoisotopic (exact) mass is 165 g/mol. The molecule has 2 N–H and O–H groups in total. The van der Waals surface area contributed by atoms with E-state index in [1.807, 2.05) is 6.92 Å². The Hall–Kier alpha value is -0.280. The standard InChI is InChI=1S/C6H11NO2.ClH/c1-4-2-3-7-5(4)6(8)9;/h4-5,7H,2-3H2,1H3,(H,8,9);1H/t4-,5-;/m0./s1. The minimum absolute atomic E-state index is 0. The van der Waals surface area contributed by atoms with Crippen molar-refractivity contribution in [2.45, 2.75) is 19.4 Å². The summed E-state index contributed by atoms with van der Waals surface area (Å²) in [5.41, 5.74) is 0. The quantitative estimate of drug-likeness (QED) is 0.595. The predicted octanol–water partition coefficient (Wildman–Crippen LogP) is 0.491. The SMILES string of the molecule is C[C@H]1CCN[C@@H]1C(=O)O.Cl. The molecule has 0 saturated carbocycles. The minimum Gasteiger partial charge on any atom is -0.480 e. The molecule has 0 spiro atoms. The van der Waals surface area contributed by atoms with Crippen molar-refractivity contribution in [1.82, 2.24) is 5.32 Å². The van der Waals surface area contributed by atoms with Crippen LogP contribution in [-0.4, -0.2) is 23.7 Å². The Balaban J connectivity index is 0.000000810. The van der Waals surface area contributed by atoms with Gasteiger partial charge in [0.15, 0.2) is 0 Å². The molecule has 1 aliphatic rings. The molecule has 1 aliphatic heterocycles. The third-order valence-corrected chi connectivity index (χ3v) is 1.80. The van der Waals surface area contributed by atoms with Crippen LogP contribution in [0.25, 0.3) is 0 Å². The average molecular weight is 166 g/mol. The molecule has 0 bridgehead atoms. The van der Waals surface area contributed by atoms with E-state index in [1.165, 1.54) is 0 Å². The second-order valence-electron chi connectivity index (χ2n) is 2.54. The molecule has 1 rings (SSSR count). The molecule has 2 atom stereocenters. The summed E-state index contributed by atoms with van der Waals surface area (Å²) < 4.78 is 0. The van der Waals surface area contributed by atoms with E-state index in [-0.39, 0.29) is 18.4 Å². The van der Waals surface area contributed by atoms with Crippen molar-refractivity contribution >= 4 is 18.4 Å². The summed E-state index contributed by atoms with van der Waals surface area (Å²) in [5, 5.41) is 11.4. The van der Waals surface area contributed by atoms with E-state index < -0.39 is 5.97 Å². The van der Waals surface area contributed by atoms with E-state index >= 15 is 0 Å². The van der Waals surface area contributed by atoms with Gasteiger partial charge in [0.25, 0.3) is 0 Å². The molecule has 1 saturated heterocycles. The molecule has 3 nitrogen and oxygen atoms in total. The first-order valence-electron chi connectivity index (χ1n) is 3.18. The highest BCUT2D eigenvalue weighted by Gasteiger charge is 2.28. The average Bonchev–Trinajstić information content (AvgIpc) is 2.13. The van der Waals surface area contributed by atoms with Gasteiger partial charge in [0.1, 0.15) is 6.04 Å². The topological polar surface area (TPSA) is 49.3 Å². The Morgan fingerprint density at radius 1 is 1.70 bits per heavy atom. The Kier molecular flexibility index (Phi) is 3.68. The van der Waals surface area contributed by atoms with Gasteiger partial charge in [-0.25, -0.2) is 0 Å². The molecule has 0 amide bonds. The largest absolute Gasteiger partial charge is 0.480 e. The predicted molar refractivity (Wildman–Crippen MR) is 40.5 cm³/mol. The van der Waals surface area contributed by atoms with Gasteiger partial charge in [-0.3, -0.25) is 4.79 Å². The number of aliphatic carboxylic acids is 1. The van der Waals surface area contributed by atoms with Crippen molar-refractivity contribution < 1.29 is 9.90 Å². The molecule has 4 heteroatoms. The van der Waals surface area contributed by atoms with E-state index in [9.17, 15) is 4.79 Å². The summed E-state index contributed by atoms with van der Waals surface area (Å²) in [6.45, 7) is 2.80. The number of carboxylic acids is 1. The van der Waals surface area contributed by atoms with E-state index in [4.69, 9.17) is 5.11 Å². The summed E-state index contributed by atoms with van der Waals surface area (Å²) in [7, 11) is 0. The number of nitrogens with one attached hydrogen (secondary N) is 1. The normalized spacial score (nSPS) is 31.3. The van der Waals surface area contributed by atoms with Crippen LogP contribution in [0.4, 0.5) is 0 Å². The minimum atomic E-state index is -0.722. The van der Waals surface area contributed by atoms with Gasteiger partial charge in [-0.1, -0.05) is 6.92 Å². The van der Waals surface area contributed by atoms with Crippen LogP contribution < -0.4 is 5.32 Å². The molecule has 0 aromatic carbocycles. The van der Waals surface area contributed by atoms with Crippen molar-refractivity contribution in [2.24, 2.45) is 5.92 Å². The van der Waals surface area contributed by atoms with Crippen LogP contribution in [0, 0.1) is 5.92 Å². The maximum atomic E-state index is 10.3. The summed E-state index contributed by atoms with van der Waals surface area (Å²) in [4.78, 5) is 10.3. The highest BCUT2D eigenvalue weighted by Crippen LogP contribution is 2.13. The van der Waals surface area contributed by atoms with Gasteiger partial charge in [-0.05, 0) is 18.9 Å².